The van der Waals surface area contributed by atoms with Gasteiger partial charge in [0.15, 0.2) is 6.54 Å². The molecule has 0 saturated heterocycles. The molecule has 0 radical (unpaired) electrons. The van der Waals surface area contributed by atoms with Gasteiger partial charge in [-0.2, -0.15) is 0 Å². The summed E-state index contributed by atoms with van der Waals surface area (Å²) in [4.78, 5) is 14.5. The van der Waals surface area contributed by atoms with Gasteiger partial charge in [0.05, 0.1) is 0 Å². The molecule has 0 saturated carbocycles. The van der Waals surface area contributed by atoms with Crippen LogP contribution in [0.4, 0.5) is 0 Å². The van der Waals surface area contributed by atoms with Gasteiger partial charge in [0.25, 0.3) is 5.91 Å². The number of nitrogens with two attached hydrogens (primary N) is 1. The molecular weight excluding hydrogens is 332 g/mol. The molecule has 3 aromatic carbocycles. The van der Waals surface area contributed by atoms with Crippen molar-refractivity contribution in [3.05, 3.63) is 107 Å². The van der Waals surface area contributed by atoms with Gasteiger partial charge in [-0.1, -0.05) is 90.5 Å². The summed E-state index contributed by atoms with van der Waals surface area (Å²) in [5.41, 5.74) is 4.81. The summed E-state index contributed by atoms with van der Waals surface area (Å²) in [5, 5.41) is 2.13. The molecule has 138 valence electrons. The molecule has 0 aliphatic carbocycles. The minimum Gasteiger partial charge on any atom is -0.337 e. The quantitative estimate of drug-likeness (QED) is 0.690. The number of hydrogen-bond donors (Lipinski definition) is 1. The van der Waals surface area contributed by atoms with Crippen LogP contribution in [0.1, 0.15) is 28.3 Å². The van der Waals surface area contributed by atoms with Crippen LogP contribution in [0.15, 0.2) is 84.9 Å². The first-order valence-corrected chi connectivity index (χ1v) is 9.36. The Kier molecular flexibility index (Phi) is 6.39. The minimum absolute atomic E-state index is 0.112. The zero-order valence-corrected chi connectivity index (χ0v) is 16.0. The third-order valence-electron chi connectivity index (χ3n) is 4.81. The van der Waals surface area contributed by atoms with Crippen molar-refractivity contribution < 1.29 is 10.1 Å². The van der Waals surface area contributed by atoms with E-state index in [1.165, 1.54) is 16.7 Å². The number of quaternary nitrogens is 1. The lowest BCUT2D eigenvalue weighted by molar-refractivity contribution is -0.677. The smallest absolute Gasteiger partial charge is 0.277 e. The highest BCUT2D eigenvalue weighted by Gasteiger charge is 2.20. The van der Waals surface area contributed by atoms with Gasteiger partial charge in [0.1, 0.15) is 6.04 Å². The summed E-state index contributed by atoms with van der Waals surface area (Å²) in [6, 6.07) is 29.1. The fourth-order valence-electron chi connectivity index (χ4n) is 3.22. The van der Waals surface area contributed by atoms with Gasteiger partial charge < -0.3 is 10.2 Å². The van der Waals surface area contributed by atoms with Crippen LogP contribution in [0.25, 0.3) is 0 Å². The molecule has 2 N–H and O–H groups in total. The molecule has 1 amide bonds. The Morgan fingerprint density at radius 1 is 0.852 bits per heavy atom. The first-order chi connectivity index (χ1) is 13.1. The number of benzene rings is 3. The number of nitrogens with zero attached hydrogens (tertiary/aromatic N) is 1. The summed E-state index contributed by atoms with van der Waals surface area (Å²) in [7, 11) is 1.87. The van der Waals surface area contributed by atoms with Gasteiger partial charge >= 0.3 is 0 Å². The van der Waals surface area contributed by atoms with E-state index in [2.05, 4.69) is 48.6 Å². The highest BCUT2D eigenvalue weighted by molar-refractivity contribution is 5.76. The first-order valence-electron chi connectivity index (χ1n) is 9.36. The maximum absolute atomic E-state index is 12.7. The van der Waals surface area contributed by atoms with Gasteiger partial charge in [-0.15, -0.1) is 0 Å². The molecule has 0 aliphatic rings. The van der Waals surface area contributed by atoms with E-state index in [0.29, 0.717) is 13.1 Å². The Morgan fingerprint density at radius 3 is 2.04 bits per heavy atom. The van der Waals surface area contributed by atoms with Gasteiger partial charge in [-0.05, 0) is 12.5 Å². The second-order valence-electron chi connectivity index (χ2n) is 6.97. The number of aryl methyl sites for hydroxylation is 1. The average molecular weight is 359 g/mol. The summed E-state index contributed by atoms with van der Waals surface area (Å²) in [5.74, 6) is 0.131. The van der Waals surface area contributed by atoms with Crippen molar-refractivity contribution >= 4 is 5.91 Å². The maximum atomic E-state index is 12.7. The Morgan fingerprint density at radius 2 is 1.41 bits per heavy atom. The van der Waals surface area contributed by atoms with Crippen LogP contribution in [0.3, 0.4) is 0 Å². The number of likely N-dealkylation sites (N-methyl/N-ethyl adjacent to an activating group) is 1. The number of rotatable bonds is 7. The van der Waals surface area contributed by atoms with Crippen molar-refractivity contribution in [2.75, 3.05) is 13.6 Å². The van der Waals surface area contributed by atoms with Crippen LogP contribution >= 0.6 is 0 Å². The second-order valence-corrected chi connectivity index (χ2v) is 6.97. The van der Waals surface area contributed by atoms with E-state index in [4.69, 9.17) is 0 Å². The molecule has 0 fully saturated rings. The van der Waals surface area contributed by atoms with Crippen molar-refractivity contribution in [3.63, 3.8) is 0 Å². The molecule has 27 heavy (non-hydrogen) atoms. The molecule has 0 bridgehead atoms. The van der Waals surface area contributed by atoms with Crippen molar-refractivity contribution in [2.45, 2.75) is 19.5 Å². The monoisotopic (exact) mass is 359 g/mol. The molecular formula is C24H27N2O+. The van der Waals surface area contributed by atoms with Crippen molar-refractivity contribution in [2.24, 2.45) is 0 Å². The third-order valence-corrected chi connectivity index (χ3v) is 4.81. The molecule has 3 rings (SSSR count). The van der Waals surface area contributed by atoms with Crippen molar-refractivity contribution in [1.82, 2.24) is 4.90 Å². The van der Waals surface area contributed by atoms with Gasteiger partial charge in [0, 0.05) is 24.7 Å². The molecule has 3 aromatic rings. The van der Waals surface area contributed by atoms with E-state index in [1.54, 1.807) is 4.90 Å². The number of hydrogen-bond acceptors (Lipinski definition) is 1. The molecule has 3 nitrogen and oxygen atoms in total. The fraction of sp³-hybridized carbons (Fsp3) is 0.208. The van der Waals surface area contributed by atoms with Gasteiger partial charge in [0.2, 0.25) is 0 Å². The van der Waals surface area contributed by atoms with E-state index in [1.807, 2.05) is 55.6 Å². The molecule has 0 aliphatic heterocycles. The Balaban J connectivity index is 1.69. The normalized spacial score (nSPS) is 11.8. The highest BCUT2D eigenvalue weighted by atomic mass is 16.2. The maximum Gasteiger partial charge on any atom is 0.277 e. The van der Waals surface area contributed by atoms with Crippen LogP contribution < -0.4 is 5.32 Å². The predicted octanol–water partition coefficient (Wildman–Crippen LogP) is 3.31. The molecule has 0 spiro atoms. The number of carbonyl (C=O) groups is 1. The van der Waals surface area contributed by atoms with Crippen LogP contribution in [0.2, 0.25) is 0 Å². The molecule has 0 unspecified atom stereocenters. The zero-order valence-electron chi connectivity index (χ0n) is 16.0. The lowest BCUT2D eigenvalue weighted by Crippen LogP contribution is -2.87. The van der Waals surface area contributed by atoms with Crippen LogP contribution in [0, 0.1) is 6.92 Å². The van der Waals surface area contributed by atoms with Gasteiger partial charge in [-0.25, -0.2) is 0 Å². The summed E-state index contributed by atoms with van der Waals surface area (Å²) in [6.45, 7) is 3.14. The van der Waals surface area contributed by atoms with Crippen LogP contribution in [-0.4, -0.2) is 24.4 Å². The molecule has 1 atom stereocenters. The van der Waals surface area contributed by atoms with E-state index >= 15 is 0 Å². The standard InChI is InChI=1S/C24H26N2O/c1-19-13-15-22(16-14-19)24(21-11-7-4-8-12-21)25-17-23(27)26(2)18-20-9-5-3-6-10-20/h3-16,24-25H,17-18H2,1-2H3/p+1/t24-/m1/s1. The van der Waals surface area contributed by atoms with Crippen LogP contribution in [0.5, 0.6) is 0 Å². The Bertz CT molecular complexity index is 845. The molecule has 3 heteroatoms. The Hall–Kier alpha value is -2.91. The summed E-state index contributed by atoms with van der Waals surface area (Å²) < 4.78 is 0. The van der Waals surface area contributed by atoms with Crippen molar-refractivity contribution in [3.8, 4) is 0 Å². The topological polar surface area (TPSA) is 36.9 Å². The average Bonchev–Trinajstić information content (AvgIpc) is 2.71. The summed E-state index contributed by atoms with van der Waals surface area (Å²) in [6.07, 6.45) is 0. The fourth-order valence-corrected chi connectivity index (χ4v) is 3.22. The van der Waals surface area contributed by atoms with E-state index in [-0.39, 0.29) is 11.9 Å². The SMILES string of the molecule is Cc1ccc([C@H]([NH2+]CC(=O)N(C)Cc2ccccc2)c2ccccc2)cc1. The third kappa shape index (κ3) is 5.28. The van der Waals surface area contributed by atoms with Crippen molar-refractivity contribution in [1.29, 1.82) is 0 Å². The second kappa shape index (κ2) is 9.15. The van der Waals surface area contributed by atoms with Gasteiger partial charge in [-0.3, -0.25) is 4.79 Å². The van der Waals surface area contributed by atoms with Crippen LogP contribution in [-0.2, 0) is 11.3 Å². The zero-order chi connectivity index (χ0) is 19.1. The summed E-state index contributed by atoms with van der Waals surface area (Å²) >= 11 is 0. The lowest BCUT2D eigenvalue weighted by atomic mass is 9.98. The van der Waals surface area contributed by atoms with E-state index in [0.717, 1.165) is 5.56 Å². The number of carbonyl (C=O) groups excluding carboxylic acids is 1. The Labute approximate surface area is 161 Å². The highest BCUT2D eigenvalue weighted by Crippen LogP contribution is 2.18. The predicted molar refractivity (Wildman–Crippen MR) is 109 cm³/mol. The van der Waals surface area contributed by atoms with E-state index in [9.17, 15) is 4.79 Å². The molecule has 0 aromatic heterocycles. The molecule has 0 heterocycles. The van der Waals surface area contributed by atoms with E-state index < -0.39 is 0 Å². The first kappa shape index (κ1) is 18.9. The minimum atomic E-state index is 0.112. The lowest BCUT2D eigenvalue weighted by Gasteiger charge is -2.20. The largest absolute Gasteiger partial charge is 0.337 e. The number of amides is 1.